The molecule has 0 bridgehead atoms. The summed E-state index contributed by atoms with van der Waals surface area (Å²) in [5.41, 5.74) is 1.54. The summed E-state index contributed by atoms with van der Waals surface area (Å²) in [6, 6.07) is 14.8. The van der Waals surface area contributed by atoms with Crippen LogP contribution in [-0.4, -0.2) is 16.7 Å². The van der Waals surface area contributed by atoms with Crippen LogP contribution < -0.4 is 4.90 Å². The quantitative estimate of drug-likeness (QED) is 0.777. The van der Waals surface area contributed by atoms with Crippen LogP contribution in [0.5, 0.6) is 0 Å². The molecule has 2 heterocycles. The van der Waals surface area contributed by atoms with Gasteiger partial charge in [0.25, 0.3) is 0 Å². The van der Waals surface area contributed by atoms with Crippen molar-refractivity contribution in [1.82, 2.24) is 0 Å². The van der Waals surface area contributed by atoms with E-state index >= 15 is 0 Å². The number of para-hydroxylation sites is 1. The molecule has 2 aromatic rings. The van der Waals surface area contributed by atoms with Crippen molar-refractivity contribution in [3.05, 3.63) is 59.1 Å². The van der Waals surface area contributed by atoms with Crippen molar-refractivity contribution in [3.8, 4) is 0 Å². The van der Waals surface area contributed by atoms with E-state index in [-0.39, 0.29) is 12.5 Å². The van der Waals surface area contributed by atoms with Gasteiger partial charge in [-0.05, 0) is 18.2 Å². The SMILES string of the molecule is O=C1CC[C@]2(C(=O)OCc3ccccc3Cl)Sc3ccccc3N12. The molecule has 0 spiro atoms. The number of amides is 1. The fourth-order valence-corrected chi connectivity index (χ4v) is 4.75. The second kappa shape index (κ2) is 5.83. The predicted octanol–water partition coefficient (Wildman–Crippen LogP) is 4.01. The second-order valence-electron chi connectivity index (χ2n) is 5.75. The van der Waals surface area contributed by atoms with Crippen molar-refractivity contribution < 1.29 is 14.3 Å². The summed E-state index contributed by atoms with van der Waals surface area (Å²) in [6.45, 7) is 0.0964. The lowest BCUT2D eigenvalue weighted by atomic mass is 10.2. The van der Waals surface area contributed by atoms with Crippen LogP contribution in [0.25, 0.3) is 0 Å². The van der Waals surface area contributed by atoms with Gasteiger partial charge in [0.05, 0.1) is 5.69 Å². The molecule has 1 atom stereocenters. The van der Waals surface area contributed by atoms with Crippen molar-refractivity contribution in [2.75, 3.05) is 4.90 Å². The summed E-state index contributed by atoms with van der Waals surface area (Å²) >= 11 is 7.52. The highest BCUT2D eigenvalue weighted by Gasteiger charge is 2.58. The van der Waals surface area contributed by atoms with E-state index in [1.54, 1.807) is 11.0 Å². The van der Waals surface area contributed by atoms with Gasteiger partial charge in [-0.3, -0.25) is 9.69 Å². The molecule has 0 aliphatic carbocycles. The van der Waals surface area contributed by atoms with E-state index in [9.17, 15) is 9.59 Å². The number of halogens is 1. The molecule has 6 heteroatoms. The summed E-state index contributed by atoms with van der Waals surface area (Å²) < 4.78 is 5.54. The fraction of sp³-hybridized carbons (Fsp3) is 0.222. The van der Waals surface area contributed by atoms with E-state index in [0.717, 1.165) is 16.1 Å². The number of carbonyl (C=O) groups is 2. The molecule has 2 aliphatic rings. The molecule has 4 nitrogen and oxygen atoms in total. The number of thioether (sulfide) groups is 1. The van der Waals surface area contributed by atoms with Crippen molar-refractivity contribution in [1.29, 1.82) is 0 Å². The first kappa shape index (κ1) is 15.5. The first-order valence-corrected chi connectivity index (χ1v) is 8.83. The third kappa shape index (κ3) is 2.31. The maximum Gasteiger partial charge on any atom is 0.343 e. The van der Waals surface area contributed by atoms with Crippen LogP contribution in [0.1, 0.15) is 18.4 Å². The van der Waals surface area contributed by atoms with Crippen molar-refractivity contribution >= 4 is 40.9 Å². The molecule has 2 aliphatic heterocycles. The zero-order valence-corrected chi connectivity index (χ0v) is 14.3. The average Bonchev–Trinajstić information content (AvgIpc) is 3.10. The minimum absolute atomic E-state index is 0.0397. The minimum atomic E-state index is -0.984. The van der Waals surface area contributed by atoms with Gasteiger partial charge in [0, 0.05) is 28.3 Å². The number of rotatable bonds is 3. The lowest BCUT2D eigenvalue weighted by molar-refractivity contribution is -0.148. The summed E-state index contributed by atoms with van der Waals surface area (Å²) in [7, 11) is 0. The van der Waals surface area contributed by atoms with Crippen molar-refractivity contribution in [2.45, 2.75) is 29.2 Å². The molecule has 1 amide bonds. The molecule has 0 N–H and O–H groups in total. The van der Waals surface area contributed by atoms with Gasteiger partial charge in [-0.15, -0.1) is 0 Å². The number of anilines is 1. The van der Waals surface area contributed by atoms with E-state index < -0.39 is 10.8 Å². The molecular formula is C18H14ClNO3S. The lowest BCUT2D eigenvalue weighted by Gasteiger charge is -2.28. The first-order chi connectivity index (χ1) is 11.6. The standard InChI is InChI=1S/C18H14ClNO3S/c19-13-6-2-1-5-12(13)11-23-17(22)18-10-9-16(21)20(18)14-7-3-4-8-15(14)24-18/h1-8H,9-11H2/t18-/m1/s1. The van der Waals surface area contributed by atoms with Crippen molar-refractivity contribution in [2.24, 2.45) is 0 Å². The molecule has 2 aromatic carbocycles. The van der Waals surface area contributed by atoms with Crippen LogP contribution >= 0.6 is 23.4 Å². The van der Waals surface area contributed by atoms with Gasteiger partial charge in [0.2, 0.25) is 5.91 Å². The number of nitrogens with zero attached hydrogens (tertiary/aromatic N) is 1. The van der Waals surface area contributed by atoms with E-state index in [1.807, 2.05) is 42.5 Å². The Hall–Kier alpha value is -1.98. The highest BCUT2D eigenvalue weighted by molar-refractivity contribution is 8.02. The van der Waals surface area contributed by atoms with Gasteiger partial charge in [-0.2, -0.15) is 0 Å². The van der Waals surface area contributed by atoms with Gasteiger partial charge < -0.3 is 4.74 Å². The van der Waals surface area contributed by atoms with Crippen molar-refractivity contribution in [3.63, 3.8) is 0 Å². The largest absolute Gasteiger partial charge is 0.458 e. The molecule has 24 heavy (non-hydrogen) atoms. The normalized spacial score (nSPS) is 21.5. The number of ether oxygens (including phenoxy) is 1. The highest BCUT2D eigenvalue weighted by atomic mass is 35.5. The summed E-state index contributed by atoms with van der Waals surface area (Å²) in [4.78, 5) is 26.8. The lowest BCUT2D eigenvalue weighted by Crippen LogP contribution is -2.47. The molecule has 0 radical (unpaired) electrons. The molecule has 1 fully saturated rings. The summed E-state index contributed by atoms with van der Waals surface area (Å²) in [6.07, 6.45) is 0.801. The Morgan fingerprint density at radius 3 is 2.79 bits per heavy atom. The topological polar surface area (TPSA) is 46.6 Å². The highest BCUT2D eigenvalue weighted by Crippen LogP contribution is 2.56. The molecule has 122 valence electrons. The Morgan fingerprint density at radius 1 is 1.21 bits per heavy atom. The predicted molar refractivity (Wildman–Crippen MR) is 93.0 cm³/mol. The van der Waals surface area contributed by atoms with Gasteiger partial charge in [0.15, 0.2) is 4.87 Å². The Kier molecular flexibility index (Phi) is 3.77. The molecule has 0 unspecified atom stereocenters. The van der Waals surface area contributed by atoms with E-state index in [0.29, 0.717) is 17.9 Å². The van der Waals surface area contributed by atoms with E-state index in [2.05, 4.69) is 0 Å². The van der Waals surface area contributed by atoms with Gasteiger partial charge in [0.1, 0.15) is 6.61 Å². The van der Waals surface area contributed by atoms with Crippen LogP contribution in [0, 0.1) is 0 Å². The van der Waals surface area contributed by atoms with Crippen LogP contribution in [-0.2, 0) is 20.9 Å². The Labute approximate surface area is 148 Å². The fourth-order valence-electron chi connectivity index (χ4n) is 3.14. The van der Waals surface area contributed by atoms with Crippen LogP contribution in [0.4, 0.5) is 5.69 Å². The maximum absolute atomic E-state index is 12.9. The third-order valence-corrected chi connectivity index (χ3v) is 6.13. The number of hydrogen-bond acceptors (Lipinski definition) is 4. The number of carbonyl (C=O) groups excluding carboxylic acids is 2. The Bertz CT molecular complexity index is 841. The minimum Gasteiger partial charge on any atom is -0.458 e. The number of benzene rings is 2. The zero-order chi connectivity index (χ0) is 16.7. The molecular weight excluding hydrogens is 346 g/mol. The monoisotopic (exact) mass is 359 g/mol. The number of hydrogen-bond donors (Lipinski definition) is 0. The number of fused-ring (bicyclic) bond motifs is 3. The molecule has 0 aromatic heterocycles. The van der Waals surface area contributed by atoms with Gasteiger partial charge >= 0.3 is 5.97 Å². The smallest absolute Gasteiger partial charge is 0.343 e. The third-order valence-electron chi connectivity index (χ3n) is 4.31. The Balaban J connectivity index is 1.60. The number of esters is 1. The second-order valence-corrected chi connectivity index (χ2v) is 7.48. The Morgan fingerprint density at radius 2 is 1.96 bits per heavy atom. The van der Waals surface area contributed by atoms with E-state index in [1.165, 1.54) is 11.8 Å². The van der Waals surface area contributed by atoms with Crippen LogP contribution in [0.2, 0.25) is 5.02 Å². The van der Waals surface area contributed by atoms with Crippen LogP contribution in [0.15, 0.2) is 53.4 Å². The van der Waals surface area contributed by atoms with Gasteiger partial charge in [-0.1, -0.05) is 53.7 Å². The summed E-state index contributed by atoms with van der Waals surface area (Å²) in [5, 5.41) is 0.560. The van der Waals surface area contributed by atoms with Gasteiger partial charge in [-0.25, -0.2) is 4.79 Å². The maximum atomic E-state index is 12.9. The average molecular weight is 360 g/mol. The molecule has 4 rings (SSSR count). The van der Waals surface area contributed by atoms with E-state index in [4.69, 9.17) is 16.3 Å². The molecule has 1 saturated heterocycles. The zero-order valence-electron chi connectivity index (χ0n) is 12.7. The first-order valence-electron chi connectivity index (χ1n) is 7.63. The van der Waals surface area contributed by atoms with Crippen LogP contribution in [0.3, 0.4) is 0 Å². The summed E-state index contributed by atoms with van der Waals surface area (Å²) in [5.74, 6) is -0.434. The molecule has 0 saturated carbocycles.